The van der Waals surface area contributed by atoms with Gasteiger partial charge in [-0.05, 0) is 25.2 Å². The summed E-state index contributed by atoms with van der Waals surface area (Å²) in [6, 6.07) is 0. The van der Waals surface area contributed by atoms with Gasteiger partial charge < -0.3 is 16.3 Å². The molecule has 114 valence electrons. The smallest absolute Gasteiger partial charge is 0.233 e. The van der Waals surface area contributed by atoms with Crippen molar-refractivity contribution in [2.45, 2.75) is 64.2 Å². The van der Waals surface area contributed by atoms with Crippen molar-refractivity contribution in [3.63, 3.8) is 0 Å². The van der Waals surface area contributed by atoms with E-state index in [1.54, 1.807) is 0 Å². The highest BCUT2D eigenvalue weighted by Crippen LogP contribution is 2.37. The van der Waals surface area contributed by atoms with Gasteiger partial charge in [0.25, 0.3) is 0 Å². The summed E-state index contributed by atoms with van der Waals surface area (Å²) in [5, 5.41) is 15.1. The van der Waals surface area contributed by atoms with Crippen LogP contribution in [-0.2, 0) is 4.79 Å². The predicted molar refractivity (Wildman–Crippen MR) is 78.5 cm³/mol. The van der Waals surface area contributed by atoms with Crippen molar-refractivity contribution in [3.05, 3.63) is 0 Å². The summed E-state index contributed by atoms with van der Waals surface area (Å²) >= 11 is 0. The van der Waals surface area contributed by atoms with Crippen LogP contribution in [0.3, 0.4) is 0 Å². The Kier molecular flexibility index (Phi) is 5.26. The van der Waals surface area contributed by atoms with Crippen LogP contribution in [-0.4, -0.2) is 23.5 Å². The Hall–Kier alpha value is -1.26. The summed E-state index contributed by atoms with van der Waals surface area (Å²) in [6.45, 7) is 0.712. The van der Waals surface area contributed by atoms with Gasteiger partial charge >= 0.3 is 0 Å². The lowest BCUT2D eigenvalue weighted by Crippen LogP contribution is -2.51. The molecule has 0 aliphatic heterocycles. The van der Waals surface area contributed by atoms with E-state index in [-0.39, 0.29) is 11.7 Å². The average Bonchev–Trinajstić information content (AvgIpc) is 3.00. The molecule has 0 heterocycles. The van der Waals surface area contributed by atoms with Gasteiger partial charge in [0.05, 0.1) is 0 Å². The number of nitrogens with two attached hydrogens (primary N) is 1. The number of oxime groups is 1. The molecule has 0 saturated heterocycles. The molecule has 20 heavy (non-hydrogen) atoms. The van der Waals surface area contributed by atoms with Crippen LogP contribution < -0.4 is 11.1 Å². The van der Waals surface area contributed by atoms with E-state index in [0.717, 1.165) is 31.6 Å². The number of hydrogen-bond donors (Lipinski definition) is 3. The van der Waals surface area contributed by atoms with Crippen molar-refractivity contribution in [1.82, 2.24) is 5.32 Å². The van der Waals surface area contributed by atoms with Crippen LogP contribution in [0, 0.1) is 11.3 Å². The molecule has 0 aromatic rings. The fraction of sp³-hybridized carbons (Fsp3) is 0.867. The van der Waals surface area contributed by atoms with Crippen molar-refractivity contribution < 1.29 is 10.0 Å². The number of amides is 1. The molecular formula is C15H27N3O2. The Morgan fingerprint density at radius 3 is 2.45 bits per heavy atom. The molecule has 5 nitrogen and oxygen atoms in total. The lowest BCUT2D eigenvalue weighted by atomic mass is 9.72. The molecule has 2 rings (SSSR count). The molecule has 2 aliphatic rings. The van der Waals surface area contributed by atoms with E-state index in [4.69, 9.17) is 10.9 Å². The third kappa shape index (κ3) is 3.25. The normalized spacial score (nSPS) is 23.7. The lowest BCUT2D eigenvalue weighted by molar-refractivity contribution is -0.129. The zero-order valence-corrected chi connectivity index (χ0v) is 12.2. The van der Waals surface area contributed by atoms with Gasteiger partial charge in [-0.1, -0.05) is 50.1 Å². The molecule has 0 spiro atoms. The van der Waals surface area contributed by atoms with Crippen LogP contribution in [0.1, 0.15) is 64.2 Å². The number of nitrogens with one attached hydrogen (secondary N) is 1. The summed E-state index contributed by atoms with van der Waals surface area (Å²) < 4.78 is 0. The number of carbonyl (C=O) groups is 1. The summed E-state index contributed by atoms with van der Waals surface area (Å²) in [4.78, 5) is 12.5. The maximum absolute atomic E-state index is 12.5. The monoisotopic (exact) mass is 281 g/mol. The third-order valence-corrected chi connectivity index (χ3v) is 5.05. The molecule has 1 amide bonds. The Bertz CT molecular complexity index is 356. The van der Waals surface area contributed by atoms with Gasteiger partial charge in [-0.25, -0.2) is 0 Å². The first-order chi connectivity index (χ1) is 9.69. The van der Waals surface area contributed by atoms with Gasteiger partial charge in [0.2, 0.25) is 5.91 Å². The van der Waals surface area contributed by atoms with Crippen molar-refractivity contribution >= 4 is 11.7 Å². The van der Waals surface area contributed by atoms with Gasteiger partial charge in [-0.3, -0.25) is 4.79 Å². The standard InChI is InChI=1S/C15H27N3O2/c16-13(18-20)15(9-4-1-5-10-15)14(19)17-11-8-12-6-2-3-7-12/h12,20H,1-11H2,(H2,16,18)(H,17,19). The van der Waals surface area contributed by atoms with Crippen molar-refractivity contribution in [2.24, 2.45) is 22.2 Å². The van der Waals surface area contributed by atoms with Crippen LogP contribution in [0.5, 0.6) is 0 Å². The third-order valence-electron chi connectivity index (χ3n) is 5.05. The van der Waals surface area contributed by atoms with Crippen molar-refractivity contribution in [2.75, 3.05) is 6.54 Å². The number of nitrogens with zero attached hydrogens (tertiary/aromatic N) is 1. The second-order valence-electron chi connectivity index (χ2n) is 6.32. The summed E-state index contributed by atoms with van der Waals surface area (Å²) in [7, 11) is 0. The Morgan fingerprint density at radius 2 is 1.85 bits per heavy atom. The minimum Gasteiger partial charge on any atom is -0.409 e. The molecular weight excluding hydrogens is 254 g/mol. The Labute approximate surface area is 121 Å². The van der Waals surface area contributed by atoms with Crippen molar-refractivity contribution in [1.29, 1.82) is 0 Å². The SMILES string of the molecule is NC(=NO)C1(C(=O)NCCC2CCCC2)CCCCC1. The van der Waals surface area contributed by atoms with E-state index in [1.165, 1.54) is 25.7 Å². The first-order valence-electron chi connectivity index (χ1n) is 7.95. The van der Waals surface area contributed by atoms with Crippen LogP contribution >= 0.6 is 0 Å². The molecule has 2 saturated carbocycles. The second kappa shape index (κ2) is 6.95. The lowest BCUT2D eigenvalue weighted by Gasteiger charge is -2.34. The van der Waals surface area contributed by atoms with Crippen LogP contribution in [0.25, 0.3) is 0 Å². The largest absolute Gasteiger partial charge is 0.409 e. The maximum Gasteiger partial charge on any atom is 0.233 e. The van der Waals surface area contributed by atoms with Crippen LogP contribution in [0.4, 0.5) is 0 Å². The molecule has 5 heteroatoms. The quantitative estimate of drug-likeness (QED) is 0.313. The van der Waals surface area contributed by atoms with Crippen LogP contribution in [0.2, 0.25) is 0 Å². The van der Waals surface area contributed by atoms with Gasteiger partial charge in [0.1, 0.15) is 5.41 Å². The highest BCUT2D eigenvalue weighted by Gasteiger charge is 2.43. The summed E-state index contributed by atoms with van der Waals surface area (Å²) in [6.07, 6.45) is 10.7. The number of hydrogen-bond acceptors (Lipinski definition) is 3. The number of amidine groups is 1. The average molecular weight is 281 g/mol. The second-order valence-corrected chi connectivity index (χ2v) is 6.32. The fourth-order valence-corrected chi connectivity index (χ4v) is 3.71. The first-order valence-corrected chi connectivity index (χ1v) is 7.95. The molecule has 4 N–H and O–H groups in total. The van der Waals surface area contributed by atoms with Gasteiger partial charge in [0, 0.05) is 6.54 Å². The van der Waals surface area contributed by atoms with E-state index < -0.39 is 5.41 Å². The molecule has 0 radical (unpaired) electrons. The topological polar surface area (TPSA) is 87.7 Å². The molecule has 0 atom stereocenters. The maximum atomic E-state index is 12.5. The predicted octanol–water partition coefficient (Wildman–Crippen LogP) is 2.38. The molecule has 0 aromatic carbocycles. The van der Waals surface area contributed by atoms with Crippen LogP contribution in [0.15, 0.2) is 5.16 Å². The molecule has 2 fully saturated rings. The van der Waals surface area contributed by atoms with Gasteiger partial charge in [0.15, 0.2) is 5.84 Å². The summed E-state index contributed by atoms with van der Waals surface area (Å²) in [5.41, 5.74) is 5.04. The highest BCUT2D eigenvalue weighted by molar-refractivity contribution is 6.06. The van der Waals surface area contributed by atoms with Gasteiger partial charge in [-0.15, -0.1) is 0 Å². The van der Waals surface area contributed by atoms with E-state index in [9.17, 15) is 4.79 Å². The summed E-state index contributed by atoms with van der Waals surface area (Å²) in [5.74, 6) is 0.794. The Balaban J connectivity index is 1.89. The minimum absolute atomic E-state index is 0.0505. The van der Waals surface area contributed by atoms with E-state index in [2.05, 4.69) is 10.5 Å². The van der Waals surface area contributed by atoms with Crippen molar-refractivity contribution in [3.8, 4) is 0 Å². The molecule has 0 unspecified atom stereocenters. The minimum atomic E-state index is -0.775. The highest BCUT2D eigenvalue weighted by atomic mass is 16.4. The van der Waals surface area contributed by atoms with Gasteiger partial charge in [-0.2, -0.15) is 0 Å². The van der Waals surface area contributed by atoms with E-state index in [1.807, 2.05) is 0 Å². The number of rotatable bonds is 5. The fourth-order valence-electron chi connectivity index (χ4n) is 3.71. The first kappa shape index (κ1) is 15.1. The van der Waals surface area contributed by atoms with E-state index >= 15 is 0 Å². The number of carbonyl (C=O) groups excluding carboxylic acids is 1. The molecule has 2 aliphatic carbocycles. The van der Waals surface area contributed by atoms with E-state index in [0.29, 0.717) is 19.4 Å². The molecule has 0 bridgehead atoms. The molecule has 0 aromatic heterocycles. The zero-order valence-electron chi connectivity index (χ0n) is 12.2. The zero-order chi connectivity index (χ0) is 14.4. The Morgan fingerprint density at radius 1 is 1.20 bits per heavy atom.